The van der Waals surface area contributed by atoms with Gasteiger partial charge in [-0.05, 0) is 46.3 Å². The third-order valence-corrected chi connectivity index (χ3v) is 5.64. The number of benzene rings is 1. The third kappa shape index (κ3) is 4.80. The molecule has 1 aromatic carbocycles. The van der Waals surface area contributed by atoms with E-state index < -0.39 is 0 Å². The van der Waals surface area contributed by atoms with Gasteiger partial charge in [-0.1, -0.05) is 30.7 Å². The molecule has 1 aromatic rings. The molecule has 1 heterocycles. The van der Waals surface area contributed by atoms with Crippen molar-refractivity contribution in [1.82, 2.24) is 9.80 Å². The number of halogens is 3. The first-order valence-corrected chi connectivity index (χ1v) is 8.70. The molecule has 1 atom stereocenters. The van der Waals surface area contributed by atoms with Crippen molar-refractivity contribution in [2.24, 2.45) is 5.92 Å². The third-order valence-electron chi connectivity index (χ3n) is 4.31. The van der Waals surface area contributed by atoms with E-state index in [9.17, 15) is 0 Å². The SMILES string of the molecule is CC1CN(Cc2cccc(Br)c2Cl)CCN(C2CC2)C1.I. The highest BCUT2D eigenvalue weighted by Gasteiger charge is 2.31. The predicted molar refractivity (Wildman–Crippen MR) is 104 cm³/mol. The molecule has 5 heteroatoms. The molecule has 1 unspecified atom stereocenters. The van der Waals surface area contributed by atoms with Gasteiger partial charge < -0.3 is 0 Å². The van der Waals surface area contributed by atoms with Gasteiger partial charge in [-0.3, -0.25) is 9.80 Å². The molecule has 118 valence electrons. The van der Waals surface area contributed by atoms with E-state index in [1.807, 2.05) is 6.07 Å². The summed E-state index contributed by atoms with van der Waals surface area (Å²) in [6, 6.07) is 7.10. The molecule has 0 aromatic heterocycles. The monoisotopic (exact) mass is 484 g/mol. The van der Waals surface area contributed by atoms with Gasteiger partial charge in [0.05, 0.1) is 5.02 Å². The van der Waals surface area contributed by atoms with Crippen LogP contribution in [0.4, 0.5) is 0 Å². The van der Waals surface area contributed by atoms with Crippen LogP contribution in [0.15, 0.2) is 22.7 Å². The van der Waals surface area contributed by atoms with Crippen molar-refractivity contribution in [3.63, 3.8) is 0 Å². The Hall–Kier alpha value is 0.640. The van der Waals surface area contributed by atoms with E-state index in [2.05, 4.69) is 44.8 Å². The van der Waals surface area contributed by atoms with Crippen LogP contribution in [-0.4, -0.2) is 42.0 Å². The van der Waals surface area contributed by atoms with Gasteiger partial charge in [0.25, 0.3) is 0 Å². The fourth-order valence-electron chi connectivity index (χ4n) is 3.18. The lowest BCUT2D eigenvalue weighted by Crippen LogP contribution is -2.32. The largest absolute Gasteiger partial charge is 0.299 e. The van der Waals surface area contributed by atoms with Crippen molar-refractivity contribution < 1.29 is 0 Å². The summed E-state index contributed by atoms with van der Waals surface area (Å²) in [7, 11) is 0. The zero-order chi connectivity index (χ0) is 14.1. The van der Waals surface area contributed by atoms with Crippen LogP contribution >= 0.6 is 51.5 Å². The zero-order valence-electron chi connectivity index (χ0n) is 12.4. The standard InChI is InChI=1S/C16H22BrClN2.HI/c1-12-9-19(7-8-20(10-12)14-5-6-14)11-13-3-2-4-15(17)16(13)18;/h2-4,12,14H,5-11H2,1H3;1H. The highest BCUT2D eigenvalue weighted by molar-refractivity contribution is 14.0. The van der Waals surface area contributed by atoms with Crippen LogP contribution in [0.5, 0.6) is 0 Å². The topological polar surface area (TPSA) is 6.48 Å². The lowest BCUT2D eigenvalue weighted by Gasteiger charge is -2.22. The molecular formula is C16H23BrClIN2. The minimum absolute atomic E-state index is 0. The quantitative estimate of drug-likeness (QED) is 0.576. The molecule has 1 saturated heterocycles. The van der Waals surface area contributed by atoms with E-state index in [1.165, 1.54) is 38.0 Å². The molecule has 1 aliphatic heterocycles. The summed E-state index contributed by atoms with van der Waals surface area (Å²) in [6.45, 7) is 8.13. The lowest BCUT2D eigenvalue weighted by molar-refractivity contribution is 0.246. The maximum absolute atomic E-state index is 6.39. The van der Waals surface area contributed by atoms with Crippen LogP contribution in [0.25, 0.3) is 0 Å². The Morgan fingerprint density at radius 3 is 2.71 bits per heavy atom. The number of rotatable bonds is 3. The highest BCUT2D eigenvalue weighted by atomic mass is 127. The summed E-state index contributed by atoms with van der Waals surface area (Å²) in [5, 5.41) is 0.864. The number of hydrogen-bond acceptors (Lipinski definition) is 2. The fourth-order valence-corrected chi connectivity index (χ4v) is 3.77. The molecule has 2 aliphatic rings. The second-order valence-corrected chi connectivity index (χ2v) is 7.51. The summed E-state index contributed by atoms with van der Waals surface area (Å²) in [4.78, 5) is 5.24. The van der Waals surface area contributed by atoms with E-state index >= 15 is 0 Å². The molecule has 0 bridgehead atoms. The van der Waals surface area contributed by atoms with Gasteiger partial charge in [-0.25, -0.2) is 0 Å². The molecule has 2 nitrogen and oxygen atoms in total. The van der Waals surface area contributed by atoms with Gasteiger partial charge in [-0.15, -0.1) is 24.0 Å². The van der Waals surface area contributed by atoms with Gasteiger partial charge in [0.15, 0.2) is 0 Å². The molecule has 0 amide bonds. The molecule has 0 radical (unpaired) electrons. The molecule has 0 N–H and O–H groups in total. The second-order valence-electron chi connectivity index (χ2n) is 6.28. The molecule has 1 saturated carbocycles. The highest BCUT2D eigenvalue weighted by Crippen LogP contribution is 2.30. The van der Waals surface area contributed by atoms with Gasteiger partial charge in [0.2, 0.25) is 0 Å². The Morgan fingerprint density at radius 2 is 2.00 bits per heavy atom. The van der Waals surface area contributed by atoms with Gasteiger partial charge in [0, 0.05) is 43.2 Å². The molecule has 1 aliphatic carbocycles. The Balaban J connectivity index is 0.00000161. The van der Waals surface area contributed by atoms with Crippen molar-refractivity contribution in [1.29, 1.82) is 0 Å². The summed E-state index contributed by atoms with van der Waals surface area (Å²) < 4.78 is 0.999. The smallest absolute Gasteiger partial charge is 0.0593 e. The Kier molecular flexibility index (Phi) is 6.81. The maximum atomic E-state index is 6.39. The molecule has 0 spiro atoms. The van der Waals surface area contributed by atoms with Crippen LogP contribution < -0.4 is 0 Å². The van der Waals surface area contributed by atoms with Crippen LogP contribution in [0.2, 0.25) is 5.02 Å². The predicted octanol–water partition coefficient (Wildman–Crippen LogP) is 4.64. The average molecular weight is 486 g/mol. The fraction of sp³-hybridized carbons (Fsp3) is 0.625. The zero-order valence-corrected chi connectivity index (χ0v) is 17.1. The van der Waals surface area contributed by atoms with Crippen LogP contribution in [0, 0.1) is 5.92 Å². The van der Waals surface area contributed by atoms with E-state index in [-0.39, 0.29) is 24.0 Å². The van der Waals surface area contributed by atoms with Crippen LogP contribution in [0.1, 0.15) is 25.3 Å². The lowest BCUT2D eigenvalue weighted by atomic mass is 10.1. The van der Waals surface area contributed by atoms with Crippen molar-refractivity contribution in [2.45, 2.75) is 32.4 Å². The Labute approximate surface area is 158 Å². The van der Waals surface area contributed by atoms with Gasteiger partial charge >= 0.3 is 0 Å². The van der Waals surface area contributed by atoms with E-state index in [0.29, 0.717) is 0 Å². The van der Waals surface area contributed by atoms with Crippen molar-refractivity contribution >= 4 is 51.5 Å². The summed E-state index contributed by atoms with van der Waals surface area (Å²) in [6.07, 6.45) is 2.81. The van der Waals surface area contributed by atoms with Crippen LogP contribution in [0.3, 0.4) is 0 Å². The Bertz CT molecular complexity index is 481. The van der Waals surface area contributed by atoms with E-state index in [1.54, 1.807) is 0 Å². The molecule has 2 fully saturated rings. The van der Waals surface area contributed by atoms with Gasteiger partial charge in [0.1, 0.15) is 0 Å². The Morgan fingerprint density at radius 1 is 1.24 bits per heavy atom. The van der Waals surface area contributed by atoms with Gasteiger partial charge in [-0.2, -0.15) is 0 Å². The minimum atomic E-state index is 0. The van der Waals surface area contributed by atoms with Crippen molar-refractivity contribution in [3.8, 4) is 0 Å². The first-order chi connectivity index (χ1) is 9.63. The first kappa shape index (κ1) is 18.0. The average Bonchev–Trinajstić information content (AvgIpc) is 3.23. The molecule has 21 heavy (non-hydrogen) atoms. The van der Waals surface area contributed by atoms with E-state index in [4.69, 9.17) is 11.6 Å². The number of hydrogen-bond donors (Lipinski definition) is 0. The maximum Gasteiger partial charge on any atom is 0.0593 e. The molecular weight excluding hydrogens is 462 g/mol. The summed E-state index contributed by atoms with van der Waals surface area (Å²) >= 11 is 9.91. The number of nitrogens with zero attached hydrogens (tertiary/aromatic N) is 2. The van der Waals surface area contributed by atoms with Crippen molar-refractivity contribution in [3.05, 3.63) is 33.3 Å². The summed E-state index contributed by atoms with van der Waals surface area (Å²) in [5.74, 6) is 0.740. The normalized spacial score (nSPS) is 24.4. The van der Waals surface area contributed by atoms with Crippen LogP contribution in [-0.2, 0) is 6.54 Å². The first-order valence-electron chi connectivity index (χ1n) is 7.53. The summed E-state index contributed by atoms with van der Waals surface area (Å²) in [5.41, 5.74) is 1.23. The molecule has 3 rings (SSSR count). The van der Waals surface area contributed by atoms with Crippen molar-refractivity contribution in [2.75, 3.05) is 26.2 Å². The van der Waals surface area contributed by atoms with E-state index in [0.717, 1.165) is 34.5 Å². The minimum Gasteiger partial charge on any atom is -0.299 e. The second kappa shape index (κ2) is 7.95.